The second-order valence-electron chi connectivity index (χ2n) is 6.06. The van der Waals surface area contributed by atoms with Crippen molar-refractivity contribution in [3.63, 3.8) is 0 Å². The third-order valence-electron chi connectivity index (χ3n) is 4.12. The van der Waals surface area contributed by atoms with Gasteiger partial charge in [-0.2, -0.15) is 5.10 Å². The number of halogens is 2. The molecule has 2 aromatic rings. The Balaban J connectivity index is 1.84. The maximum Gasteiger partial charge on any atom is 0.233 e. The van der Waals surface area contributed by atoms with Crippen molar-refractivity contribution in [2.24, 2.45) is 5.41 Å². The Kier molecular flexibility index (Phi) is 3.49. The molecule has 0 aliphatic heterocycles. The van der Waals surface area contributed by atoms with Crippen molar-refractivity contribution >= 4 is 34.8 Å². The number of anilines is 1. The highest BCUT2D eigenvalue weighted by molar-refractivity contribution is 6.53. The minimum absolute atomic E-state index is 0.164. The first kappa shape index (κ1) is 15.4. The lowest BCUT2D eigenvalue weighted by molar-refractivity contribution is -0.120. The predicted octanol–water partition coefficient (Wildman–Crippen LogP) is 4.01. The molecule has 0 spiro atoms. The van der Waals surface area contributed by atoms with E-state index in [1.807, 2.05) is 48.9 Å². The number of benzene rings is 1. The van der Waals surface area contributed by atoms with E-state index in [-0.39, 0.29) is 5.91 Å². The molecule has 0 unspecified atom stereocenters. The van der Waals surface area contributed by atoms with E-state index >= 15 is 0 Å². The van der Waals surface area contributed by atoms with E-state index in [1.165, 1.54) is 0 Å². The predicted molar refractivity (Wildman–Crippen MR) is 88.8 cm³/mol. The molecule has 4 nitrogen and oxygen atoms in total. The summed E-state index contributed by atoms with van der Waals surface area (Å²) < 4.78 is 0.877. The molecule has 1 fully saturated rings. The van der Waals surface area contributed by atoms with Gasteiger partial charge in [0.25, 0.3) is 0 Å². The number of aryl methyl sites for hydroxylation is 2. The summed E-state index contributed by atoms with van der Waals surface area (Å²) in [5.41, 5.74) is 2.85. The lowest BCUT2D eigenvalue weighted by Crippen LogP contribution is -2.26. The van der Waals surface area contributed by atoms with Crippen molar-refractivity contribution in [2.75, 3.05) is 5.32 Å². The van der Waals surface area contributed by atoms with Crippen LogP contribution < -0.4 is 5.32 Å². The Morgan fingerprint density at radius 1 is 1.32 bits per heavy atom. The molecule has 22 heavy (non-hydrogen) atoms. The van der Waals surface area contributed by atoms with Crippen LogP contribution in [0.25, 0.3) is 5.69 Å². The largest absolute Gasteiger partial charge is 0.325 e. The maximum absolute atomic E-state index is 12.3. The molecule has 1 aromatic carbocycles. The van der Waals surface area contributed by atoms with Gasteiger partial charge >= 0.3 is 0 Å². The fourth-order valence-electron chi connectivity index (χ4n) is 2.52. The summed E-state index contributed by atoms with van der Waals surface area (Å²) in [6, 6.07) is 9.55. The van der Waals surface area contributed by atoms with E-state index in [1.54, 1.807) is 6.92 Å². The van der Waals surface area contributed by atoms with E-state index in [0.717, 1.165) is 17.1 Å². The Labute approximate surface area is 139 Å². The smallest absolute Gasteiger partial charge is 0.233 e. The number of nitrogens with zero attached hydrogens (tertiary/aromatic N) is 2. The van der Waals surface area contributed by atoms with Gasteiger partial charge in [0, 0.05) is 11.4 Å². The third kappa shape index (κ3) is 2.50. The molecule has 1 saturated carbocycles. The monoisotopic (exact) mass is 337 g/mol. The van der Waals surface area contributed by atoms with E-state index in [9.17, 15) is 4.79 Å². The second-order valence-corrected chi connectivity index (χ2v) is 7.54. The summed E-state index contributed by atoms with van der Waals surface area (Å²) >= 11 is 12.1. The molecule has 1 aliphatic carbocycles. The van der Waals surface area contributed by atoms with Crippen LogP contribution >= 0.6 is 23.2 Å². The quantitative estimate of drug-likeness (QED) is 0.860. The van der Waals surface area contributed by atoms with Crippen molar-refractivity contribution in [1.29, 1.82) is 0 Å². The van der Waals surface area contributed by atoms with Crippen LogP contribution in [-0.2, 0) is 4.79 Å². The number of amides is 1. The van der Waals surface area contributed by atoms with Crippen LogP contribution in [0.15, 0.2) is 30.3 Å². The van der Waals surface area contributed by atoms with E-state index in [2.05, 4.69) is 10.4 Å². The SMILES string of the molecule is Cc1cc(C)n(-c2cccc(NC(=O)[C@]3(C)CC3(Cl)Cl)c2)n1. The average molecular weight is 338 g/mol. The van der Waals surface area contributed by atoms with Gasteiger partial charge in [0.2, 0.25) is 5.91 Å². The molecule has 0 bridgehead atoms. The fourth-order valence-corrected chi connectivity index (χ4v) is 3.23. The van der Waals surface area contributed by atoms with Crippen molar-refractivity contribution in [2.45, 2.75) is 31.5 Å². The Hall–Kier alpha value is -1.52. The van der Waals surface area contributed by atoms with Crippen LogP contribution in [0.5, 0.6) is 0 Å². The molecule has 6 heteroatoms. The number of hydrogen-bond donors (Lipinski definition) is 1. The highest BCUT2D eigenvalue weighted by Gasteiger charge is 2.67. The van der Waals surface area contributed by atoms with Crippen LogP contribution in [-0.4, -0.2) is 20.0 Å². The van der Waals surface area contributed by atoms with Crippen molar-refractivity contribution < 1.29 is 4.79 Å². The Morgan fingerprint density at radius 3 is 2.55 bits per heavy atom. The molecule has 1 aliphatic rings. The molecule has 0 radical (unpaired) electrons. The highest BCUT2D eigenvalue weighted by Crippen LogP contribution is 2.64. The second kappa shape index (κ2) is 5.00. The highest BCUT2D eigenvalue weighted by atomic mass is 35.5. The third-order valence-corrected chi connectivity index (χ3v) is 5.22. The standard InChI is InChI=1S/C16H17Cl2N3O/c1-10-7-11(2)21(20-10)13-6-4-5-12(8-13)19-14(22)15(3)9-16(15,17)18/h4-8H,9H2,1-3H3,(H,19,22)/t15-/m0/s1. The zero-order valence-corrected chi connectivity index (χ0v) is 14.2. The summed E-state index contributed by atoms with van der Waals surface area (Å²) in [7, 11) is 0. The first-order valence-electron chi connectivity index (χ1n) is 7.06. The van der Waals surface area contributed by atoms with Gasteiger partial charge in [-0.05, 0) is 51.5 Å². The van der Waals surface area contributed by atoms with E-state index in [0.29, 0.717) is 12.1 Å². The number of alkyl halides is 2. The summed E-state index contributed by atoms with van der Waals surface area (Å²) in [5.74, 6) is -0.164. The fraction of sp³-hybridized carbons (Fsp3) is 0.375. The van der Waals surface area contributed by atoms with Gasteiger partial charge < -0.3 is 5.32 Å². The number of nitrogens with one attached hydrogen (secondary N) is 1. The van der Waals surface area contributed by atoms with Crippen molar-refractivity contribution in [3.8, 4) is 5.69 Å². The first-order valence-corrected chi connectivity index (χ1v) is 7.81. The van der Waals surface area contributed by atoms with Crippen LogP contribution in [0, 0.1) is 19.3 Å². The topological polar surface area (TPSA) is 46.9 Å². The molecule has 1 N–H and O–H groups in total. The van der Waals surface area contributed by atoms with Gasteiger partial charge in [-0.1, -0.05) is 6.07 Å². The molecule has 1 aromatic heterocycles. The zero-order chi connectivity index (χ0) is 16.1. The number of hydrogen-bond acceptors (Lipinski definition) is 2. The van der Waals surface area contributed by atoms with Crippen LogP contribution in [0.4, 0.5) is 5.69 Å². The summed E-state index contributed by atoms with van der Waals surface area (Å²) in [4.78, 5) is 12.3. The maximum atomic E-state index is 12.3. The lowest BCUT2D eigenvalue weighted by atomic mass is 10.1. The molecule has 1 heterocycles. The summed E-state index contributed by atoms with van der Waals surface area (Å²) in [5, 5.41) is 7.33. The minimum Gasteiger partial charge on any atom is -0.325 e. The zero-order valence-electron chi connectivity index (χ0n) is 12.7. The van der Waals surface area contributed by atoms with Crippen LogP contribution in [0.3, 0.4) is 0 Å². The Bertz CT molecular complexity index is 754. The Morgan fingerprint density at radius 2 is 2.00 bits per heavy atom. The van der Waals surface area contributed by atoms with Gasteiger partial charge in [0.15, 0.2) is 0 Å². The molecule has 1 atom stereocenters. The first-order chi connectivity index (χ1) is 10.2. The van der Waals surface area contributed by atoms with Gasteiger partial charge in [0.1, 0.15) is 4.33 Å². The van der Waals surface area contributed by atoms with E-state index in [4.69, 9.17) is 23.2 Å². The summed E-state index contributed by atoms with van der Waals surface area (Å²) in [6.45, 7) is 5.71. The van der Waals surface area contributed by atoms with Crippen LogP contribution in [0.1, 0.15) is 24.7 Å². The van der Waals surface area contributed by atoms with Crippen molar-refractivity contribution in [3.05, 3.63) is 41.7 Å². The van der Waals surface area contributed by atoms with Gasteiger partial charge in [-0.25, -0.2) is 4.68 Å². The van der Waals surface area contributed by atoms with Gasteiger partial charge in [0.05, 0.1) is 16.8 Å². The van der Waals surface area contributed by atoms with Gasteiger partial charge in [-0.3, -0.25) is 4.79 Å². The number of rotatable bonds is 3. The van der Waals surface area contributed by atoms with E-state index < -0.39 is 9.75 Å². The molecular weight excluding hydrogens is 321 g/mol. The number of carbonyl (C=O) groups is 1. The molecule has 0 saturated heterocycles. The number of aromatic nitrogens is 2. The van der Waals surface area contributed by atoms with Crippen molar-refractivity contribution in [1.82, 2.24) is 9.78 Å². The molecule has 116 valence electrons. The lowest BCUT2D eigenvalue weighted by Gasteiger charge is -2.13. The van der Waals surface area contributed by atoms with Crippen LogP contribution in [0.2, 0.25) is 0 Å². The molecule has 3 rings (SSSR count). The van der Waals surface area contributed by atoms with Gasteiger partial charge in [-0.15, -0.1) is 23.2 Å². The molecule has 1 amide bonds. The summed E-state index contributed by atoms with van der Waals surface area (Å²) in [6.07, 6.45) is 0.464. The number of carbonyl (C=O) groups excluding carboxylic acids is 1. The molecular formula is C16H17Cl2N3O. The normalized spacial score (nSPS) is 22.4. The minimum atomic E-state index is -0.968. The average Bonchev–Trinajstić information content (AvgIpc) is 2.78.